The van der Waals surface area contributed by atoms with E-state index in [-0.39, 0.29) is 17.8 Å². The number of nitrogens with one attached hydrogen (secondary N) is 1. The SMILES string of the molecule is COC(C)(C)CCOCC1CNCC(C)O1. The predicted molar refractivity (Wildman–Crippen MR) is 63.7 cm³/mol. The number of hydrogen-bond donors (Lipinski definition) is 1. The van der Waals surface area contributed by atoms with Crippen molar-refractivity contribution in [1.82, 2.24) is 5.32 Å². The molecule has 1 fully saturated rings. The van der Waals surface area contributed by atoms with E-state index in [0.717, 1.165) is 26.1 Å². The van der Waals surface area contributed by atoms with Crippen molar-refractivity contribution in [3.05, 3.63) is 0 Å². The Labute approximate surface area is 98.6 Å². The van der Waals surface area contributed by atoms with E-state index in [4.69, 9.17) is 14.2 Å². The molecule has 4 nitrogen and oxygen atoms in total. The Morgan fingerprint density at radius 3 is 2.75 bits per heavy atom. The van der Waals surface area contributed by atoms with E-state index in [1.807, 2.05) is 0 Å². The van der Waals surface area contributed by atoms with E-state index in [9.17, 15) is 0 Å². The first-order chi connectivity index (χ1) is 7.53. The molecule has 1 N–H and O–H groups in total. The van der Waals surface area contributed by atoms with E-state index in [1.54, 1.807) is 7.11 Å². The number of hydrogen-bond acceptors (Lipinski definition) is 4. The normalized spacial score (nSPS) is 27.0. The fourth-order valence-corrected chi connectivity index (χ4v) is 1.61. The standard InChI is InChI=1S/C12H25NO3/c1-10-7-13-8-11(16-10)9-15-6-5-12(2,3)14-4/h10-11,13H,5-9H2,1-4H3. The molecule has 0 bridgehead atoms. The first-order valence-electron chi connectivity index (χ1n) is 6.02. The molecule has 16 heavy (non-hydrogen) atoms. The van der Waals surface area contributed by atoms with Gasteiger partial charge < -0.3 is 19.5 Å². The Morgan fingerprint density at radius 2 is 2.12 bits per heavy atom. The average molecular weight is 231 g/mol. The molecule has 0 aromatic rings. The third kappa shape index (κ3) is 5.25. The van der Waals surface area contributed by atoms with Crippen LogP contribution in [0.5, 0.6) is 0 Å². The molecule has 96 valence electrons. The van der Waals surface area contributed by atoms with Crippen molar-refractivity contribution in [2.45, 2.75) is 45.0 Å². The van der Waals surface area contributed by atoms with Crippen molar-refractivity contribution < 1.29 is 14.2 Å². The highest BCUT2D eigenvalue weighted by atomic mass is 16.5. The van der Waals surface area contributed by atoms with E-state index in [2.05, 4.69) is 26.1 Å². The lowest BCUT2D eigenvalue weighted by atomic mass is 10.1. The van der Waals surface area contributed by atoms with Gasteiger partial charge in [0, 0.05) is 26.8 Å². The van der Waals surface area contributed by atoms with E-state index >= 15 is 0 Å². The van der Waals surface area contributed by atoms with Crippen molar-refractivity contribution in [1.29, 1.82) is 0 Å². The summed E-state index contributed by atoms with van der Waals surface area (Å²) in [6.45, 7) is 9.42. The molecule has 2 unspecified atom stereocenters. The molecule has 0 aromatic heterocycles. The second-order valence-electron chi connectivity index (χ2n) is 5.02. The molecule has 0 amide bonds. The molecule has 1 aliphatic heterocycles. The minimum Gasteiger partial charge on any atom is -0.379 e. The summed E-state index contributed by atoms with van der Waals surface area (Å²) in [4.78, 5) is 0. The highest BCUT2D eigenvalue weighted by molar-refractivity contribution is 4.72. The molecule has 1 saturated heterocycles. The van der Waals surface area contributed by atoms with Gasteiger partial charge in [-0.3, -0.25) is 0 Å². The number of ether oxygens (including phenoxy) is 3. The summed E-state index contributed by atoms with van der Waals surface area (Å²) < 4.78 is 16.7. The maximum Gasteiger partial charge on any atom is 0.0936 e. The minimum atomic E-state index is -0.0983. The van der Waals surface area contributed by atoms with Gasteiger partial charge in [-0.1, -0.05) is 0 Å². The average Bonchev–Trinajstić information content (AvgIpc) is 2.25. The molecule has 1 rings (SSSR count). The van der Waals surface area contributed by atoms with Gasteiger partial charge in [0.25, 0.3) is 0 Å². The lowest BCUT2D eigenvalue weighted by Gasteiger charge is -2.29. The molecule has 0 spiro atoms. The van der Waals surface area contributed by atoms with E-state index in [1.165, 1.54) is 0 Å². The van der Waals surface area contributed by atoms with Crippen LogP contribution in [-0.4, -0.2) is 51.2 Å². The molecule has 1 aliphatic rings. The Hall–Kier alpha value is -0.160. The van der Waals surface area contributed by atoms with Crippen molar-refractivity contribution in [3.63, 3.8) is 0 Å². The number of methoxy groups -OCH3 is 1. The summed E-state index contributed by atoms with van der Waals surface area (Å²) in [5, 5.41) is 3.32. The zero-order chi connectivity index (χ0) is 12.0. The van der Waals surface area contributed by atoms with Crippen LogP contribution in [0.25, 0.3) is 0 Å². The smallest absolute Gasteiger partial charge is 0.0936 e. The molecule has 2 atom stereocenters. The Kier molecular flexibility index (Phi) is 5.69. The third-order valence-electron chi connectivity index (χ3n) is 2.93. The van der Waals surface area contributed by atoms with Gasteiger partial charge in [-0.25, -0.2) is 0 Å². The van der Waals surface area contributed by atoms with Gasteiger partial charge in [-0.05, 0) is 27.2 Å². The maximum absolute atomic E-state index is 5.73. The van der Waals surface area contributed by atoms with Crippen molar-refractivity contribution in [2.75, 3.05) is 33.4 Å². The van der Waals surface area contributed by atoms with Crippen LogP contribution in [-0.2, 0) is 14.2 Å². The zero-order valence-electron chi connectivity index (χ0n) is 10.9. The van der Waals surface area contributed by atoms with Crippen LogP contribution in [0.3, 0.4) is 0 Å². The van der Waals surface area contributed by atoms with Gasteiger partial charge in [0.15, 0.2) is 0 Å². The van der Waals surface area contributed by atoms with Crippen LogP contribution in [0.4, 0.5) is 0 Å². The fraction of sp³-hybridized carbons (Fsp3) is 1.00. The third-order valence-corrected chi connectivity index (χ3v) is 2.93. The number of morpholine rings is 1. The largest absolute Gasteiger partial charge is 0.379 e. The predicted octanol–water partition coefficient (Wildman–Crippen LogP) is 1.19. The zero-order valence-corrected chi connectivity index (χ0v) is 10.9. The highest BCUT2D eigenvalue weighted by Crippen LogP contribution is 2.13. The Bertz CT molecular complexity index is 197. The summed E-state index contributed by atoms with van der Waals surface area (Å²) in [7, 11) is 1.73. The van der Waals surface area contributed by atoms with Gasteiger partial charge in [0.05, 0.1) is 24.4 Å². The van der Waals surface area contributed by atoms with Gasteiger partial charge in [-0.15, -0.1) is 0 Å². The fourth-order valence-electron chi connectivity index (χ4n) is 1.61. The molecule has 0 radical (unpaired) electrons. The van der Waals surface area contributed by atoms with Crippen molar-refractivity contribution >= 4 is 0 Å². The summed E-state index contributed by atoms with van der Waals surface area (Å²) >= 11 is 0. The second kappa shape index (κ2) is 6.55. The molecule has 0 saturated carbocycles. The maximum atomic E-state index is 5.73. The molecule has 4 heteroatoms. The van der Waals surface area contributed by atoms with Crippen molar-refractivity contribution in [2.24, 2.45) is 0 Å². The quantitative estimate of drug-likeness (QED) is 0.697. The Balaban J connectivity index is 2.06. The van der Waals surface area contributed by atoms with Gasteiger partial charge >= 0.3 is 0 Å². The summed E-state index contributed by atoms with van der Waals surface area (Å²) in [5.74, 6) is 0. The lowest BCUT2D eigenvalue weighted by Crippen LogP contribution is -2.45. The van der Waals surface area contributed by atoms with Crippen LogP contribution < -0.4 is 5.32 Å². The van der Waals surface area contributed by atoms with Crippen LogP contribution >= 0.6 is 0 Å². The Morgan fingerprint density at radius 1 is 1.38 bits per heavy atom. The van der Waals surface area contributed by atoms with Crippen LogP contribution in [0.2, 0.25) is 0 Å². The molecule has 0 aromatic carbocycles. The molecular formula is C12H25NO3. The first-order valence-corrected chi connectivity index (χ1v) is 6.02. The summed E-state index contributed by atoms with van der Waals surface area (Å²) in [6.07, 6.45) is 1.38. The van der Waals surface area contributed by atoms with Crippen LogP contribution in [0, 0.1) is 0 Å². The first kappa shape index (κ1) is 13.9. The highest BCUT2D eigenvalue weighted by Gasteiger charge is 2.20. The van der Waals surface area contributed by atoms with Gasteiger partial charge in [0.1, 0.15) is 0 Å². The molecule has 0 aliphatic carbocycles. The van der Waals surface area contributed by atoms with Crippen LogP contribution in [0.1, 0.15) is 27.2 Å². The monoisotopic (exact) mass is 231 g/mol. The minimum absolute atomic E-state index is 0.0983. The van der Waals surface area contributed by atoms with Gasteiger partial charge in [-0.2, -0.15) is 0 Å². The van der Waals surface area contributed by atoms with Crippen LogP contribution in [0.15, 0.2) is 0 Å². The summed E-state index contributed by atoms with van der Waals surface area (Å²) in [5.41, 5.74) is -0.0983. The van der Waals surface area contributed by atoms with Gasteiger partial charge in [0.2, 0.25) is 0 Å². The molecular weight excluding hydrogens is 206 g/mol. The van der Waals surface area contributed by atoms with Crippen molar-refractivity contribution in [3.8, 4) is 0 Å². The number of rotatable bonds is 6. The topological polar surface area (TPSA) is 39.7 Å². The lowest BCUT2D eigenvalue weighted by molar-refractivity contribution is -0.0773. The molecule has 1 heterocycles. The van der Waals surface area contributed by atoms with E-state index < -0.39 is 0 Å². The second-order valence-corrected chi connectivity index (χ2v) is 5.02. The van der Waals surface area contributed by atoms with E-state index in [0.29, 0.717) is 6.61 Å². The summed E-state index contributed by atoms with van der Waals surface area (Å²) in [6, 6.07) is 0.